The molecule has 0 bridgehead atoms. The molecular formula is C16H13Cl2N3O2. The Morgan fingerprint density at radius 3 is 2.13 bits per heavy atom. The molecule has 2 aromatic carbocycles. The van der Waals surface area contributed by atoms with Crippen LogP contribution in [-0.4, -0.2) is 17.9 Å². The number of carbonyl (C=O) groups is 2. The van der Waals surface area contributed by atoms with E-state index in [1.54, 1.807) is 36.4 Å². The lowest BCUT2D eigenvalue weighted by Gasteiger charge is -2.18. The number of carbonyl (C=O) groups excluding carboxylic acids is 2. The highest BCUT2D eigenvalue weighted by molar-refractivity contribution is 6.30. The number of amides is 2. The maximum absolute atomic E-state index is 12.3. The summed E-state index contributed by atoms with van der Waals surface area (Å²) in [6.45, 7) is 0. The Labute approximate surface area is 142 Å². The van der Waals surface area contributed by atoms with Crippen molar-refractivity contribution in [2.24, 2.45) is 0 Å². The molecule has 118 valence electrons. The number of benzene rings is 2. The van der Waals surface area contributed by atoms with Gasteiger partial charge in [-0.25, -0.2) is 5.43 Å². The number of rotatable bonds is 3. The lowest BCUT2D eigenvalue weighted by atomic mass is 10.0. The molecule has 1 fully saturated rings. The standard InChI is InChI=1S/C16H13Cl2N3O2/c17-11-5-1-9(2-6-11)13-14(16(23)21-20-13)19-15(22)10-3-7-12(18)8-4-10/h1-8,13-14,20H,(H,19,22)(H,21,23). The zero-order valence-corrected chi connectivity index (χ0v) is 13.4. The van der Waals surface area contributed by atoms with Gasteiger partial charge in [-0.05, 0) is 42.0 Å². The van der Waals surface area contributed by atoms with Crippen molar-refractivity contribution in [3.63, 3.8) is 0 Å². The van der Waals surface area contributed by atoms with E-state index in [4.69, 9.17) is 23.2 Å². The van der Waals surface area contributed by atoms with Gasteiger partial charge in [-0.3, -0.25) is 15.0 Å². The molecule has 2 aromatic rings. The molecule has 7 heteroatoms. The zero-order chi connectivity index (χ0) is 16.4. The molecule has 0 spiro atoms. The molecule has 0 aliphatic carbocycles. The summed E-state index contributed by atoms with van der Waals surface area (Å²) in [7, 11) is 0. The molecule has 3 rings (SSSR count). The average molecular weight is 350 g/mol. The highest BCUT2D eigenvalue weighted by Gasteiger charge is 2.36. The molecule has 1 aliphatic heterocycles. The second-order valence-electron chi connectivity index (χ2n) is 5.12. The summed E-state index contributed by atoms with van der Waals surface area (Å²) in [6.07, 6.45) is 0. The Morgan fingerprint density at radius 2 is 1.52 bits per heavy atom. The Morgan fingerprint density at radius 1 is 0.957 bits per heavy atom. The van der Waals surface area contributed by atoms with Crippen molar-refractivity contribution in [1.82, 2.24) is 16.2 Å². The topological polar surface area (TPSA) is 70.2 Å². The lowest BCUT2D eigenvalue weighted by Crippen LogP contribution is -2.42. The van der Waals surface area contributed by atoms with Crippen LogP contribution in [0.25, 0.3) is 0 Å². The molecule has 1 aliphatic rings. The van der Waals surface area contributed by atoms with E-state index in [1.165, 1.54) is 0 Å². The molecule has 0 aromatic heterocycles. The van der Waals surface area contributed by atoms with Gasteiger partial charge in [-0.1, -0.05) is 35.3 Å². The van der Waals surface area contributed by atoms with Gasteiger partial charge in [0.05, 0.1) is 6.04 Å². The minimum Gasteiger partial charge on any atom is -0.338 e. The monoisotopic (exact) mass is 349 g/mol. The Balaban J connectivity index is 1.78. The normalized spacial score (nSPS) is 20.2. The summed E-state index contributed by atoms with van der Waals surface area (Å²) in [5.41, 5.74) is 6.70. The number of hydrogen-bond donors (Lipinski definition) is 3. The van der Waals surface area contributed by atoms with E-state index in [0.717, 1.165) is 5.56 Å². The van der Waals surface area contributed by atoms with Crippen LogP contribution in [0.5, 0.6) is 0 Å². The zero-order valence-electron chi connectivity index (χ0n) is 11.8. The lowest BCUT2D eigenvalue weighted by molar-refractivity contribution is -0.121. The van der Waals surface area contributed by atoms with Gasteiger partial charge < -0.3 is 5.32 Å². The molecule has 5 nitrogen and oxygen atoms in total. The molecule has 23 heavy (non-hydrogen) atoms. The number of hydrogen-bond acceptors (Lipinski definition) is 3. The van der Waals surface area contributed by atoms with Crippen LogP contribution in [0.1, 0.15) is 22.0 Å². The highest BCUT2D eigenvalue weighted by atomic mass is 35.5. The van der Waals surface area contributed by atoms with Crippen LogP contribution in [0.2, 0.25) is 10.0 Å². The fourth-order valence-electron chi connectivity index (χ4n) is 2.38. The van der Waals surface area contributed by atoms with Crippen LogP contribution in [0, 0.1) is 0 Å². The van der Waals surface area contributed by atoms with Crippen molar-refractivity contribution in [2.75, 3.05) is 0 Å². The second kappa shape index (κ2) is 6.58. The SMILES string of the molecule is O=C(NC1C(=O)NNC1c1ccc(Cl)cc1)c1ccc(Cl)cc1. The van der Waals surface area contributed by atoms with Gasteiger partial charge in [0.15, 0.2) is 0 Å². The quantitative estimate of drug-likeness (QED) is 0.797. The van der Waals surface area contributed by atoms with Gasteiger partial charge in [0.25, 0.3) is 11.8 Å². The fourth-order valence-corrected chi connectivity index (χ4v) is 2.63. The van der Waals surface area contributed by atoms with Crippen molar-refractivity contribution in [3.05, 3.63) is 69.7 Å². The Hall–Kier alpha value is -2.08. The molecule has 0 radical (unpaired) electrons. The Bertz CT molecular complexity index is 732. The van der Waals surface area contributed by atoms with Gasteiger partial charge in [0.2, 0.25) is 0 Å². The van der Waals surface area contributed by atoms with Crippen LogP contribution in [0.3, 0.4) is 0 Å². The van der Waals surface area contributed by atoms with Gasteiger partial charge in [0.1, 0.15) is 6.04 Å². The van der Waals surface area contributed by atoms with E-state index in [0.29, 0.717) is 15.6 Å². The number of nitrogens with one attached hydrogen (secondary N) is 3. The molecule has 3 N–H and O–H groups in total. The van der Waals surface area contributed by atoms with Crippen LogP contribution >= 0.6 is 23.2 Å². The van der Waals surface area contributed by atoms with Gasteiger partial charge in [-0.2, -0.15) is 0 Å². The highest BCUT2D eigenvalue weighted by Crippen LogP contribution is 2.22. The van der Waals surface area contributed by atoms with Gasteiger partial charge in [-0.15, -0.1) is 0 Å². The van der Waals surface area contributed by atoms with E-state index >= 15 is 0 Å². The van der Waals surface area contributed by atoms with Crippen molar-refractivity contribution < 1.29 is 9.59 Å². The average Bonchev–Trinajstić information content (AvgIpc) is 2.90. The van der Waals surface area contributed by atoms with Crippen LogP contribution in [-0.2, 0) is 4.79 Å². The maximum Gasteiger partial charge on any atom is 0.258 e. The van der Waals surface area contributed by atoms with E-state index in [-0.39, 0.29) is 17.9 Å². The minimum absolute atomic E-state index is 0.299. The molecule has 2 atom stereocenters. The molecule has 2 amide bonds. The molecule has 0 saturated carbocycles. The second-order valence-corrected chi connectivity index (χ2v) is 5.99. The van der Waals surface area contributed by atoms with Crippen LogP contribution < -0.4 is 16.2 Å². The first-order valence-corrected chi connectivity index (χ1v) is 7.67. The van der Waals surface area contributed by atoms with Crippen molar-refractivity contribution in [1.29, 1.82) is 0 Å². The largest absolute Gasteiger partial charge is 0.338 e. The first kappa shape index (κ1) is 15.8. The third-order valence-corrected chi connectivity index (χ3v) is 4.09. The molecule has 1 saturated heterocycles. The smallest absolute Gasteiger partial charge is 0.258 e. The number of halogens is 2. The summed E-state index contributed by atoms with van der Waals surface area (Å²) < 4.78 is 0. The fraction of sp³-hybridized carbons (Fsp3) is 0.125. The summed E-state index contributed by atoms with van der Waals surface area (Å²) in [4.78, 5) is 24.3. The van der Waals surface area contributed by atoms with Crippen molar-refractivity contribution >= 4 is 35.0 Å². The van der Waals surface area contributed by atoms with Crippen molar-refractivity contribution in [2.45, 2.75) is 12.1 Å². The first-order chi connectivity index (χ1) is 11.0. The molecule has 1 heterocycles. The van der Waals surface area contributed by atoms with Crippen LogP contribution in [0.4, 0.5) is 0 Å². The number of hydrazine groups is 1. The van der Waals surface area contributed by atoms with Gasteiger partial charge >= 0.3 is 0 Å². The van der Waals surface area contributed by atoms with Crippen molar-refractivity contribution in [3.8, 4) is 0 Å². The molecule has 2 unspecified atom stereocenters. The van der Waals surface area contributed by atoms with E-state index in [1.807, 2.05) is 12.1 Å². The maximum atomic E-state index is 12.3. The van der Waals surface area contributed by atoms with E-state index < -0.39 is 6.04 Å². The van der Waals surface area contributed by atoms with E-state index in [2.05, 4.69) is 16.2 Å². The first-order valence-electron chi connectivity index (χ1n) is 6.92. The Kier molecular flexibility index (Phi) is 4.52. The molecular weight excluding hydrogens is 337 g/mol. The summed E-state index contributed by atoms with van der Waals surface area (Å²) in [5.74, 6) is -0.642. The predicted molar refractivity (Wildman–Crippen MR) is 88.2 cm³/mol. The van der Waals surface area contributed by atoms with Crippen LogP contribution in [0.15, 0.2) is 48.5 Å². The third-order valence-electron chi connectivity index (χ3n) is 3.59. The summed E-state index contributed by atoms with van der Waals surface area (Å²) >= 11 is 11.7. The summed E-state index contributed by atoms with van der Waals surface area (Å²) in [5, 5.41) is 3.88. The minimum atomic E-state index is -0.723. The third kappa shape index (κ3) is 3.47. The van der Waals surface area contributed by atoms with Gasteiger partial charge in [0, 0.05) is 15.6 Å². The predicted octanol–water partition coefficient (Wildman–Crippen LogP) is 2.47. The summed E-state index contributed by atoms with van der Waals surface area (Å²) in [6, 6.07) is 12.4. The van der Waals surface area contributed by atoms with E-state index in [9.17, 15) is 9.59 Å².